The van der Waals surface area contributed by atoms with Crippen molar-refractivity contribution in [1.29, 1.82) is 0 Å². The first-order valence-electron chi connectivity index (χ1n) is 5.99. The first kappa shape index (κ1) is 14.0. The Kier molecular flexibility index (Phi) is 3.90. The summed E-state index contributed by atoms with van der Waals surface area (Å²) >= 11 is 7.53. The summed E-state index contributed by atoms with van der Waals surface area (Å²) in [5.41, 5.74) is 1.54. The number of nitrogens with one attached hydrogen (secondary N) is 1. The van der Waals surface area contributed by atoms with Gasteiger partial charge in [0.2, 0.25) is 0 Å². The summed E-state index contributed by atoms with van der Waals surface area (Å²) in [5, 5.41) is 4.44. The molecule has 0 saturated heterocycles. The lowest BCUT2D eigenvalue weighted by atomic mass is 10.3. The summed E-state index contributed by atoms with van der Waals surface area (Å²) in [6.45, 7) is -2.82. The van der Waals surface area contributed by atoms with Crippen molar-refractivity contribution in [1.82, 2.24) is 4.98 Å². The van der Waals surface area contributed by atoms with Crippen molar-refractivity contribution in [3.05, 3.63) is 47.5 Å². The minimum atomic E-state index is -2.82. The number of rotatable bonds is 4. The summed E-state index contributed by atoms with van der Waals surface area (Å²) in [7, 11) is 0. The van der Waals surface area contributed by atoms with Gasteiger partial charge in [-0.1, -0.05) is 29.0 Å². The fourth-order valence-corrected chi connectivity index (χ4v) is 2.99. The van der Waals surface area contributed by atoms with Crippen LogP contribution in [0.2, 0.25) is 5.02 Å². The molecule has 3 nitrogen and oxygen atoms in total. The average molecular weight is 327 g/mol. The highest BCUT2D eigenvalue weighted by Crippen LogP contribution is 2.33. The van der Waals surface area contributed by atoms with Crippen LogP contribution in [-0.2, 0) is 0 Å². The molecular weight excluding hydrogens is 318 g/mol. The molecule has 0 amide bonds. The van der Waals surface area contributed by atoms with Crippen LogP contribution < -0.4 is 10.1 Å². The monoisotopic (exact) mass is 326 g/mol. The lowest BCUT2D eigenvalue weighted by Gasteiger charge is -2.06. The van der Waals surface area contributed by atoms with E-state index in [0.29, 0.717) is 10.2 Å². The van der Waals surface area contributed by atoms with E-state index in [0.717, 1.165) is 15.9 Å². The largest absolute Gasteiger partial charge is 0.435 e. The number of hydrogen-bond donors (Lipinski definition) is 1. The van der Waals surface area contributed by atoms with E-state index in [9.17, 15) is 8.78 Å². The average Bonchev–Trinajstić information content (AvgIpc) is 2.84. The Hall–Kier alpha value is -1.92. The first-order chi connectivity index (χ1) is 10.1. The number of anilines is 2. The van der Waals surface area contributed by atoms with Gasteiger partial charge in [0.15, 0.2) is 5.13 Å². The van der Waals surface area contributed by atoms with Crippen LogP contribution in [-0.4, -0.2) is 11.6 Å². The molecule has 0 bridgehead atoms. The Morgan fingerprint density at radius 3 is 2.57 bits per heavy atom. The van der Waals surface area contributed by atoms with E-state index in [1.807, 2.05) is 18.2 Å². The number of aromatic nitrogens is 1. The molecule has 21 heavy (non-hydrogen) atoms. The van der Waals surface area contributed by atoms with E-state index in [-0.39, 0.29) is 5.75 Å². The minimum Gasteiger partial charge on any atom is -0.435 e. The van der Waals surface area contributed by atoms with Crippen molar-refractivity contribution in [3.8, 4) is 5.75 Å². The molecule has 0 saturated carbocycles. The molecular formula is C14H9ClF2N2OS. The number of thiazole rings is 1. The number of benzene rings is 2. The molecule has 0 aliphatic rings. The third-order valence-corrected chi connectivity index (χ3v) is 4.14. The lowest BCUT2D eigenvalue weighted by Crippen LogP contribution is -2.01. The number of fused-ring (bicyclic) bond motifs is 1. The Morgan fingerprint density at radius 2 is 1.90 bits per heavy atom. The topological polar surface area (TPSA) is 34.1 Å². The quantitative estimate of drug-likeness (QED) is 0.707. The van der Waals surface area contributed by atoms with Crippen LogP contribution in [0, 0.1) is 0 Å². The molecule has 1 aromatic heterocycles. The predicted molar refractivity (Wildman–Crippen MR) is 81.0 cm³/mol. The second kappa shape index (κ2) is 5.83. The maximum absolute atomic E-state index is 12.1. The highest BCUT2D eigenvalue weighted by molar-refractivity contribution is 7.22. The molecule has 3 rings (SSSR count). The van der Waals surface area contributed by atoms with Crippen molar-refractivity contribution >= 4 is 44.0 Å². The number of alkyl halides is 2. The highest BCUT2D eigenvalue weighted by atomic mass is 35.5. The van der Waals surface area contributed by atoms with Crippen LogP contribution in [0.3, 0.4) is 0 Å². The van der Waals surface area contributed by atoms with Crippen molar-refractivity contribution < 1.29 is 13.5 Å². The molecule has 1 heterocycles. The zero-order valence-electron chi connectivity index (χ0n) is 10.5. The van der Waals surface area contributed by atoms with E-state index in [1.54, 1.807) is 12.1 Å². The molecule has 0 fully saturated rings. The predicted octanol–water partition coefficient (Wildman–Crippen LogP) is 5.29. The number of ether oxygens (including phenoxy) is 1. The summed E-state index contributed by atoms with van der Waals surface area (Å²) in [5.74, 6) is 0.114. The van der Waals surface area contributed by atoms with E-state index in [4.69, 9.17) is 11.6 Å². The molecule has 2 aromatic carbocycles. The normalized spacial score (nSPS) is 11.0. The third kappa shape index (κ3) is 3.22. The van der Waals surface area contributed by atoms with Gasteiger partial charge in [0.1, 0.15) is 5.75 Å². The molecule has 0 spiro atoms. The van der Waals surface area contributed by atoms with Gasteiger partial charge in [0.05, 0.1) is 15.2 Å². The molecule has 108 valence electrons. The van der Waals surface area contributed by atoms with Crippen LogP contribution in [0.4, 0.5) is 19.6 Å². The second-order valence-electron chi connectivity index (χ2n) is 4.13. The van der Waals surface area contributed by atoms with Gasteiger partial charge in [-0.3, -0.25) is 0 Å². The summed E-state index contributed by atoms with van der Waals surface area (Å²) in [4.78, 5) is 4.41. The fraction of sp³-hybridized carbons (Fsp3) is 0.0714. The third-order valence-electron chi connectivity index (χ3n) is 2.70. The van der Waals surface area contributed by atoms with Gasteiger partial charge in [0.25, 0.3) is 0 Å². The molecule has 7 heteroatoms. The molecule has 1 N–H and O–H groups in total. The Bertz CT molecular complexity index is 761. The van der Waals surface area contributed by atoms with Gasteiger partial charge in [-0.05, 0) is 36.4 Å². The lowest BCUT2D eigenvalue weighted by molar-refractivity contribution is -0.0498. The van der Waals surface area contributed by atoms with E-state index in [1.165, 1.54) is 23.5 Å². The molecule has 3 aromatic rings. The fourth-order valence-electron chi connectivity index (χ4n) is 1.81. The van der Waals surface area contributed by atoms with Gasteiger partial charge in [-0.25, -0.2) is 4.98 Å². The Morgan fingerprint density at radius 1 is 1.14 bits per heavy atom. The van der Waals surface area contributed by atoms with E-state index < -0.39 is 6.61 Å². The van der Waals surface area contributed by atoms with Crippen LogP contribution in [0.25, 0.3) is 10.2 Å². The Labute approximate surface area is 128 Å². The molecule has 0 unspecified atom stereocenters. The van der Waals surface area contributed by atoms with Crippen LogP contribution in [0.15, 0.2) is 42.5 Å². The zero-order valence-corrected chi connectivity index (χ0v) is 12.1. The summed E-state index contributed by atoms with van der Waals surface area (Å²) < 4.78 is 29.3. The summed E-state index contributed by atoms with van der Waals surface area (Å²) in [6, 6.07) is 11.7. The van der Waals surface area contributed by atoms with Gasteiger partial charge in [-0.15, -0.1) is 0 Å². The van der Waals surface area contributed by atoms with Crippen LogP contribution in [0.5, 0.6) is 5.75 Å². The van der Waals surface area contributed by atoms with Gasteiger partial charge >= 0.3 is 6.61 Å². The van der Waals surface area contributed by atoms with Crippen molar-refractivity contribution in [2.75, 3.05) is 5.32 Å². The van der Waals surface area contributed by atoms with Crippen molar-refractivity contribution in [2.45, 2.75) is 6.61 Å². The smallest absolute Gasteiger partial charge is 0.387 e. The molecule has 0 aliphatic heterocycles. The van der Waals surface area contributed by atoms with Crippen molar-refractivity contribution in [3.63, 3.8) is 0 Å². The molecule has 0 aliphatic carbocycles. The maximum Gasteiger partial charge on any atom is 0.387 e. The summed E-state index contributed by atoms with van der Waals surface area (Å²) in [6.07, 6.45) is 0. The number of hydrogen-bond acceptors (Lipinski definition) is 4. The van der Waals surface area contributed by atoms with E-state index >= 15 is 0 Å². The first-order valence-corrected chi connectivity index (χ1v) is 7.18. The SMILES string of the molecule is FC(F)Oc1ccc(Nc2nc3cccc(Cl)c3s2)cc1. The maximum atomic E-state index is 12.1. The molecule has 0 atom stereocenters. The standard InChI is InChI=1S/C14H9ClF2N2OS/c15-10-2-1-3-11-12(10)21-14(19-11)18-8-4-6-9(7-5-8)20-13(16)17/h1-7,13H,(H,18,19). The van der Waals surface area contributed by atoms with Crippen molar-refractivity contribution in [2.24, 2.45) is 0 Å². The minimum absolute atomic E-state index is 0.114. The number of nitrogens with zero attached hydrogens (tertiary/aromatic N) is 1. The zero-order chi connectivity index (χ0) is 14.8. The van der Waals surface area contributed by atoms with Gasteiger partial charge in [-0.2, -0.15) is 8.78 Å². The van der Waals surface area contributed by atoms with Gasteiger partial charge in [0, 0.05) is 5.69 Å². The van der Waals surface area contributed by atoms with E-state index in [2.05, 4.69) is 15.0 Å². The molecule has 0 radical (unpaired) electrons. The van der Waals surface area contributed by atoms with Crippen LogP contribution >= 0.6 is 22.9 Å². The number of halogens is 3. The van der Waals surface area contributed by atoms with Crippen LogP contribution in [0.1, 0.15) is 0 Å². The second-order valence-corrected chi connectivity index (χ2v) is 5.54. The Balaban J connectivity index is 1.80. The van der Waals surface area contributed by atoms with Gasteiger partial charge < -0.3 is 10.1 Å². The highest BCUT2D eigenvalue weighted by Gasteiger charge is 2.08.